The molecular formula is C32H39Cl2N3O4S. The number of unbranched alkanes of at least 4 members (excludes halogenated alkanes) is 1. The molecule has 0 saturated heterocycles. The summed E-state index contributed by atoms with van der Waals surface area (Å²) < 4.78 is 29.1. The molecule has 7 nitrogen and oxygen atoms in total. The summed E-state index contributed by atoms with van der Waals surface area (Å²) >= 11 is 12.3. The van der Waals surface area contributed by atoms with E-state index in [1.165, 1.54) is 17.0 Å². The molecule has 0 aliphatic rings. The third-order valence-electron chi connectivity index (χ3n) is 7.07. The van der Waals surface area contributed by atoms with Gasteiger partial charge in [-0.2, -0.15) is 0 Å². The van der Waals surface area contributed by atoms with Gasteiger partial charge in [-0.05, 0) is 73.7 Å². The number of carbonyl (C=O) groups is 2. The van der Waals surface area contributed by atoms with Crippen LogP contribution < -0.4 is 9.62 Å². The number of nitrogens with one attached hydrogen (secondary N) is 1. The molecule has 42 heavy (non-hydrogen) atoms. The van der Waals surface area contributed by atoms with Crippen molar-refractivity contribution in [2.45, 2.75) is 70.9 Å². The largest absolute Gasteiger partial charge is 0.354 e. The van der Waals surface area contributed by atoms with E-state index < -0.39 is 28.5 Å². The molecule has 0 aliphatic carbocycles. The number of aryl methyl sites for hydroxylation is 1. The molecule has 226 valence electrons. The van der Waals surface area contributed by atoms with E-state index in [-0.39, 0.29) is 23.3 Å². The minimum absolute atomic E-state index is 0.0305. The van der Waals surface area contributed by atoms with Crippen LogP contribution in [0.3, 0.4) is 0 Å². The van der Waals surface area contributed by atoms with Gasteiger partial charge < -0.3 is 10.2 Å². The molecule has 0 heterocycles. The summed E-state index contributed by atoms with van der Waals surface area (Å²) in [5.74, 6) is -0.620. The van der Waals surface area contributed by atoms with Gasteiger partial charge in [-0.15, -0.1) is 0 Å². The van der Waals surface area contributed by atoms with Crippen molar-refractivity contribution in [3.63, 3.8) is 0 Å². The van der Waals surface area contributed by atoms with Crippen molar-refractivity contribution in [2.24, 2.45) is 0 Å². The van der Waals surface area contributed by atoms with Crippen LogP contribution in [0.1, 0.15) is 63.1 Å². The first-order valence-electron chi connectivity index (χ1n) is 14.1. The van der Waals surface area contributed by atoms with Crippen molar-refractivity contribution in [1.82, 2.24) is 10.2 Å². The van der Waals surface area contributed by atoms with E-state index in [2.05, 4.69) is 5.32 Å². The van der Waals surface area contributed by atoms with Gasteiger partial charge in [-0.25, -0.2) is 8.42 Å². The van der Waals surface area contributed by atoms with Crippen LogP contribution in [0.4, 0.5) is 5.69 Å². The predicted molar refractivity (Wildman–Crippen MR) is 171 cm³/mol. The quantitative estimate of drug-likeness (QED) is 0.207. The number of nitrogens with zero attached hydrogens (tertiary/aromatic N) is 2. The Morgan fingerprint density at radius 2 is 1.55 bits per heavy atom. The van der Waals surface area contributed by atoms with Gasteiger partial charge in [0.2, 0.25) is 11.8 Å². The predicted octanol–water partition coefficient (Wildman–Crippen LogP) is 6.95. The van der Waals surface area contributed by atoms with E-state index in [1.54, 1.807) is 49.4 Å². The van der Waals surface area contributed by atoms with Gasteiger partial charge in [0.25, 0.3) is 10.0 Å². The van der Waals surface area contributed by atoms with Gasteiger partial charge >= 0.3 is 0 Å². The van der Waals surface area contributed by atoms with Gasteiger partial charge in [0.15, 0.2) is 0 Å². The van der Waals surface area contributed by atoms with Crippen molar-refractivity contribution in [3.8, 4) is 0 Å². The summed E-state index contributed by atoms with van der Waals surface area (Å²) in [6, 6.07) is 17.7. The molecule has 3 aromatic carbocycles. The summed E-state index contributed by atoms with van der Waals surface area (Å²) in [5, 5.41) is 3.56. The summed E-state index contributed by atoms with van der Waals surface area (Å²) in [4.78, 5) is 28.6. The number of anilines is 1. The minimum Gasteiger partial charge on any atom is -0.354 e. The topological polar surface area (TPSA) is 86.8 Å². The van der Waals surface area contributed by atoms with Crippen LogP contribution in [0.15, 0.2) is 71.6 Å². The molecule has 2 amide bonds. The molecule has 3 aromatic rings. The number of hydrogen-bond acceptors (Lipinski definition) is 4. The first kappa shape index (κ1) is 33.4. The molecule has 0 aliphatic heterocycles. The van der Waals surface area contributed by atoms with Gasteiger partial charge in [0.05, 0.1) is 20.6 Å². The second-order valence-corrected chi connectivity index (χ2v) is 13.3. The van der Waals surface area contributed by atoms with Crippen LogP contribution in [0, 0.1) is 6.92 Å². The summed E-state index contributed by atoms with van der Waals surface area (Å²) in [5.41, 5.74) is 2.95. The van der Waals surface area contributed by atoms with E-state index in [0.29, 0.717) is 27.8 Å². The molecule has 3 rings (SSSR count). The SMILES string of the molecule is CCCCNC(=O)C(C)N(Cc1ccc(Cl)c(Cl)c1)C(=O)CN(c1ccc(C(C)C)cc1)S(=O)(=O)c1ccc(C)cc1. The van der Waals surface area contributed by atoms with Crippen molar-refractivity contribution in [1.29, 1.82) is 0 Å². The smallest absolute Gasteiger partial charge is 0.264 e. The van der Waals surface area contributed by atoms with E-state index in [1.807, 2.05) is 39.8 Å². The number of carbonyl (C=O) groups excluding carboxylic acids is 2. The third kappa shape index (κ3) is 8.49. The van der Waals surface area contributed by atoms with Gasteiger partial charge in [0.1, 0.15) is 12.6 Å². The van der Waals surface area contributed by atoms with E-state index in [9.17, 15) is 18.0 Å². The maximum atomic E-state index is 14.0. The lowest BCUT2D eigenvalue weighted by atomic mass is 10.0. The molecule has 0 saturated carbocycles. The lowest BCUT2D eigenvalue weighted by Crippen LogP contribution is -2.51. The molecule has 1 atom stereocenters. The molecule has 0 spiro atoms. The average Bonchev–Trinajstić information content (AvgIpc) is 2.96. The zero-order chi connectivity index (χ0) is 31.0. The highest BCUT2D eigenvalue weighted by Crippen LogP contribution is 2.28. The fourth-order valence-corrected chi connectivity index (χ4v) is 6.08. The van der Waals surface area contributed by atoms with Crippen molar-refractivity contribution < 1.29 is 18.0 Å². The van der Waals surface area contributed by atoms with Gasteiger partial charge in [0, 0.05) is 13.1 Å². The fourth-order valence-electron chi connectivity index (χ4n) is 4.35. The van der Waals surface area contributed by atoms with Crippen LogP contribution in [-0.4, -0.2) is 44.3 Å². The number of sulfonamides is 1. The molecule has 0 aromatic heterocycles. The normalized spacial score (nSPS) is 12.2. The molecule has 10 heteroatoms. The highest BCUT2D eigenvalue weighted by molar-refractivity contribution is 7.92. The Kier molecular flexibility index (Phi) is 11.9. The lowest BCUT2D eigenvalue weighted by Gasteiger charge is -2.32. The molecule has 0 fully saturated rings. The Balaban J connectivity index is 2.03. The lowest BCUT2D eigenvalue weighted by molar-refractivity contribution is -0.139. The van der Waals surface area contributed by atoms with Crippen LogP contribution in [0.2, 0.25) is 10.0 Å². The monoisotopic (exact) mass is 631 g/mol. The van der Waals surface area contributed by atoms with Crippen molar-refractivity contribution >= 4 is 50.7 Å². The van der Waals surface area contributed by atoms with Crippen molar-refractivity contribution in [3.05, 3.63) is 93.5 Å². The number of amides is 2. The molecule has 0 bridgehead atoms. The Labute approximate surface area is 259 Å². The van der Waals surface area contributed by atoms with Gasteiger partial charge in [-0.3, -0.25) is 13.9 Å². The Morgan fingerprint density at radius 3 is 2.12 bits per heavy atom. The fraction of sp³-hybridized carbons (Fsp3) is 0.375. The summed E-state index contributed by atoms with van der Waals surface area (Å²) in [7, 11) is -4.13. The van der Waals surface area contributed by atoms with Crippen LogP contribution in [-0.2, 0) is 26.2 Å². The Bertz CT molecular complexity index is 1480. The average molecular weight is 633 g/mol. The number of rotatable bonds is 13. The zero-order valence-electron chi connectivity index (χ0n) is 24.7. The highest BCUT2D eigenvalue weighted by atomic mass is 35.5. The van der Waals surface area contributed by atoms with E-state index >= 15 is 0 Å². The zero-order valence-corrected chi connectivity index (χ0v) is 27.1. The summed E-state index contributed by atoms with van der Waals surface area (Å²) in [6.45, 7) is 9.62. The Hall–Kier alpha value is -3.07. The maximum absolute atomic E-state index is 14.0. The maximum Gasteiger partial charge on any atom is 0.264 e. The summed E-state index contributed by atoms with van der Waals surface area (Å²) in [6.07, 6.45) is 1.70. The first-order chi connectivity index (χ1) is 19.8. The van der Waals surface area contributed by atoms with E-state index in [0.717, 1.165) is 28.3 Å². The standard InChI is InChI=1S/C32H39Cl2N3O4S/c1-6-7-18-35-32(39)24(5)36(20-25-10-17-29(33)30(34)19-25)31(38)21-37(27-13-11-26(12-14-27)22(2)3)42(40,41)28-15-8-23(4)9-16-28/h8-17,19,22,24H,6-7,18,20-21H2,1-5H3,(H,35,39). The van der Waals surface area contributed by atoms with Crippen LogP contribution in [0.5, 0.6) is 0 Å². The third-order valence-corrected chi connectivity index (χ3v) is 9.60. The van der Waals surface area contributed by atoms with Gasteiger partial charge in [-0.1, -0.05) is 86.3 Å². The second kappa shape index (κ2) is 14.9. The molecule has 0 radical (unpaired) electrons. The van der Waals surface area contributed by atoms with Crippen molar-refractivity contribution in [2.75, 3.05) is 17.4 Å². The molecule has 1 N–H and O–H groups in total. The first-order valence-corrected chi connectivity index (χ1v) is 16.2. The number of halogens is 2. The second-order valence-electron chi connectivity index (χ2n) is 10.7. The van der Waals surface area contributed by atoms with Crippen LogP contribution in [0.25, 0.3) is 0 Å². The number of benzene rings is 3. The molecule has 1 unspecified atom stereocenters. The number of hydrogen-bond donors (Lipinski definition) is 1. The Morgan fingerprint density at radius 1 is 0.905 bits per heavy atom. The molecular weight excluding hydrogens is 593 g/mol. The van der Waals surface area contributed by atoms with E-state index in [4.69, 9.17) is 23.2 Å². The highest BCUT2D eigenvalue weighted by Gasteiger charge is 2.32. The van der Waals surface area contributed by atoms with Crippen LogP contribution >= 0.6 is 23.2 Å². The minimum atomic E-state index is -4.13.